The van der Waals surface area contributed by atoms with Gasteiger partial charge in [-0.25, -0.2) is 0 Å². The van der Waals surface area contributed by atoms with Crippen molar-refractivity contribution in [1.29, 1.82) is 0 Å². The van der Waals surface area contributed by atoms with Crippen LogP contribution in [0.2, 0.25) is 0 Å². The van der Waals surface area contributed by atoms with Gasteiger partial charge in [-0.1, -0.05) is 30.3 Å². The quantitative estimate of drug-likeness (QED) is 0.934. The molecule has 1 aliphatic heterocycles. The van der Waals surface area contributed by atoms with Crippen LogP contribution >= 0.6 is 0 Å². The van der Waals surface area contributed by atoms with Crippen molar-refractivity contribution in [2.24, 2.45) is 0 Å². The zero-order valence-electron chi connectivity index (χ0n) is 11.6. The van der Waals surface area contributed by atoms with E-state index in [0.29, 0.717) is 18.9 Å². The van der Waals surface area contributed by atoms with Crippen LogP contribution in [0.3, 0.4) is 0 Å². The van der Waals surface area contributed by atoms with Gasteiger partial charge in [0.25, 0.3) is 0 Å². The maximum Gasteiger partial charge on any atom is 0.226 e. The van der Waals surface area contributed by atoms with Crippen LogP contribution in [0.25, 0.3) is 0 Å². The van der Waals surface area contributed by atoms with E-state index in [1.165, 1.54) is 6.07 Å². The van der Waals surface area contributed by atoms with E-state index in [-0.39, 0.29) is 11.9 Å². The molecule has 2 heterocycles. The van der Waals surface area contributed by atoms with Crippen molar-refractivity contribution in [3.8, 4) is 5.75 Å². The third-order valence-electron chi connectivity index (χ3n) is 3.57. The van der Waals surface area contributed by atoms with Gasteiger partial charge in [-0.05, 0) is 5.56 Å². The molecule has 1 aromatic heterocycles. The molecule has 0 saturated carbocycles. The van der Waals surface area contributed by atoms with Gasteiger partial charge >= 0.3 is 0 Å². The van der Waals surface area contributed by atoms with Crippen LogP contribution < -0.4 is 5.43 Å². The molecule has 1 fully saturated rings. The molecule has 0 amide bonds. The maximum absolute atomic E-state index is 11.4. The van der Waals surface area contributed by atoms with Crippen molar-refractivity contribution in [3.05, 3.63) is 64.2 Å². The summed E-state index contributed by atoms with van der Waals surface area (Å²) in [5, 5.41) is 9.20. The molecule has 0 unspecified atom stereocenters. The average Bonchev–Trinajstić information content (AvgIpc) is 2.52. The Morgan fingerprint density at radius 1 is 1.29 bits per heavy atom. The molecule has 1 aliphatic rings. The van der Waals surface area contributed by atoms with Crippen molar-refractivity contribution in [3.63, 3.8) is 0 Å². The lowest BCUT2D eigenvalue weighted by Gasteiger charge is -2.32. The predicted octanol–water partition coefficient (Wildman–Crippen LogP) is 1.92. The fraction of sp³-hybridized carbons (Fsp3) is 0.312. The first-order valence-corrected chi connectivity index (χ1v) is 6.92. The molecule has 5 nitrogen and oxygen atoms in total. The van der Waals surface area contributed by atoms with Gasteiger partial charge in [-0.2, -0.15) is 0 Å². The molecule has 2 aromatic rings. The summed E-state index contributed by atoms with van der Waals surface area (Å²) in [4.78, 5) is 13.6. The zero-order valence-corrected chi connectivity index (χ0v) is 11.6. The van der Waals surface area contributed by atoms with Gasteiger partial charge in [0, 0.05) is 19.2 Å². The summed E-state index contributed by atoms with van der Waals surface area (Å²) in [6, 6.07) is 11.4. The molecule has 3 rings (SSSR count). The molecule has 0 bridgehead atoms. The molecular formula is C16H17NO4. The number of hydrogen-bond donors (Lipinski definition) is 1. The van der Waals surface area contributed by atoms with Crippen molar-refractivity contribution < 1.29 is 14.3 Å². The number of hydrogen-bond acceptors (Lipinski definition) is 5. The summed E-state index contributed by atoms with van der Waals surface area (Å²) in [6.45, 7) is 2.70. The normalized spacial score (nSPS) is 19.5. The number of nitrogens with zero attached hydrogens (tertiary/aromatic N) is 1. The van der Waals surface area contributed by atoms with Gasteiger partial charge < -0.3 is 14.3 Å². The molecule has 110 valence electrons. The molecule has 1 atom stereocenters. The summed E-state index contributed by atoms with van der Waals surface area (Å²) < 4.78 is 11.1. The first kappa shape index (κ1) is 13.9. The van der Waals surface area contributed by atoms with E-state index in [1.54, 1.807) is 0 Å². The summed E-state index contributed by atoms with van der Waals surface area (Å²) in [6.07, 6.45) is 1.12. The molecule has 0 aliphatic carbocycles. The van der Waals surface area contributed by atoms with Crippen molar-refractivity contribution >= 4 is 0 Å². The van der Waals surface area contributed by atoms with E-state index < -0.39 is 5.43 Å². The highest BCUT2D eigenvalue weighted by Crippen LogP contribution is 2.22. The predicted molar refractivity (Wildman–Crippen MR) is 77.1 cm³/mol. The highest BCUT2D eigenvalue weighted by atomic mass is 16.5. The first-order valence-electron chi connectivity index (χ1n) is 6.92. The maximum atomic E-state index is 11.4. The number of ether oxygens (including phenoxy) is 1. The summed E-state index contributed by atoms with van der Waals surface area (Å²) in [5.74, 6) is 0.189. The van der Waals surface area contributed by atoms with Crippen LogP contribution in [0.4, 0.5) is 0 Å². The van der Waals surface area contributed by atoms with Gasteiger partial charge in [0.05, 0.1) is 19.3 Å². The highest BCUT2D eigenvalue weighted by Gasteiger charge is 2.22. The highest BCUT2D eigenvalue weighted by molar-refractivity contribution is 5.19. The molecule has 1 aromatic carbocycles. The molecule has 1 N–H and O–H groups in total. The van der Waals surface area contributed by atoms with E-state index in [1.807, 2.05) is 18.2 Å². The van der Waals surface area contributed by atoms with Gasteiger partial charge in [-0.3, -0.25) is 9.69 Å². The van der Waals surface area contributed by atoms with E-state index in [9.17, 15) is 9.90 Å². The van der Waals surface area contributed by atoms with Gasteiger partial charge in [0.15, 0.2) is 5.75 Å². The lowest BCUT2D eigenvalue weighted by Crippen LogP contribution is -2.37. The lowest BCUT2D eigenvalue weighted by molar-refractivity contribution is -0.0348. The molecule has 0 spiro atoms. The lowest BCUT2D eigenvalue weighted by atomic mass is 10.1. The zero-order chi connectivity index (χ0) is 14.7. The third-order valence-corrected chi connectivity index (χ3v) is 3.57. The molecule has 1 saturated heterocycles. The Kier molecular flexibility index (Phi) is 4.03. The van der Waals surface area contributed by atoms with Crippen LogP contribution in [-0.2, 0) is 11.3 Å². The van der Waals surface area contributed by atoms with Gasteiger partial charge in [0.2, 0.25) is 5.43 Å². The van der Waals surface area contributed by atoms with Gasteiger partial charge in [0.1, 0.15) is 12.0 Å². The van der Waals surface area contributed by atoms with Crippen molar-refractivity contribution in [2.45, 2.75) is 12.6 Å². The summed E-state index contributed by atoms with van der Waals surface area (Å²) in [7, 11) is 0. The van der Waals surface area contributed by atoms with Crippen LogP contribution in [0.5, 0.6) is 5.75 Å². The molecule has 0 radical (unpaired) electrons. The Labute approximate surface area is 122 Å². The minimum absolute atomic E-state index is 0.0313. The third kappa shape index (κ3) is 3.32. The molecular weight excluding hydrogens is 270 g/mol. The largest absolute Gasteiger partial charge is 0.502 e. The summed E-state index contributed by atoms with van der Waals surface area (Å²) >= 11 is 0. The Bertz CT molecular complexity index is 653. The fourth-order valence-corrected chi connectivity index (χ4v) is 2.46. The van der Waals surface area contributed by atoms with Crippen LogP contribution in [0, 0.1) is 0 Å². The second-order valence-corrected chi connectivity index (χ2v) is 5.10. The number of aromatic hydroxyl groups is 1. The summed E-state index contributed by atoms with van der Waals surface area (Å²) in [5.41, 5.74) is 0.735. The topological polar surface area (TPSA) is 62.9 Å². The number of morpholine rings is 1. The smallest absolute Gasteiger partial charge is 0.226 e. The SMILES string of the molecule is O=c1cc(CN2CCO[C@H](c3ccccc3)C2)occ1O. The Morgan fingerprint density at radius 2 is 2.10 bits per heavy atom. The monoisotopic (exact) mass is 287 g/mol. The minimum Gasteiger partial charge on any atom is -0.502 e. The number of benzene rings is 1. The Balaban J connectivity index is 1.69. The van der Waals surface area contributed by atoms with Crippen LogP contribution in [0.15, 0.2) is 51.9 Å². The van der Waals surface area contributed by atoms with Crippen molar-refractivity contribution in [1.82, 2.24) is 4.90 Å². The standard InChI is InChI=1S/C16H17NO4/c18-14-8-13(21-11-15(14)19)9-17-6-7-20-16(10-17)12-4-2-1-3-5-12/h1-5,8,11,16,19H,6-7,9-10H2/t16-/m0/s1. The average molecular weight is 287 g/mol. The van der Waals surface area contributed by atoms with E-state index >= 15 is 0 Å². The van der Waals surface area contributed by atoms with E-state index in [4.69, 9.17) is 9.15 Å². The Morgan fingerprint density at radius 3 is 2.86 bits per heavy atom. The second-order valence-electron chi connectivity index (χ2n) is 5.10. The second kappa shape index (κ2) is 6.11. The minimum atomic E-state index is -0.413. The first-order chi connectivity index (χ1) is 10.2. The van der Waals surface area contributed by atoms with E-state index in [2.05, 4.69) is 17.0 Å². The molecule has 5 heteroatoms. The number of rotatable bonds is 3. The fourth-order valence-electron chi connectivity index (χ4n) is 2.46. The molecule has 21 heavy (non-hydrogen) atoms. The van der Waals surface area contributed by atoms with Crippen LogP contribution in [-0.4, -0.2) is 29.7 Å². The van der Waals surface area contributed by atoms with Crippen LogP contribution in [0.1, 0.15) is 17.4 Å². The van der Waals surface area contributed by atoms with Crippen molar-refractivity contribution in [2.75, 3.05) is 19.7 Å². The van der Waals surface area contributed by atoms with Gasteiger partial charge in [-0.15, -0.1) is 0 Å². The Hall–Kier alpha value is -2.11. The van der Waals surface area contributed by atoms with E-state index in [0.717, 1.165) is 24.9 Å².